The van der Waals surface area contributed by atoms with Crippen LogP contribution in [0.5, 0.6) is 0 Å². The first kappa shape index (κ1) is 18.7. The average molecular weight is 341 g/mol. The van der Waals surface area contributed by atoms with Crippen LogP contribution in [-0.2, 0) is 22.6 Å². The zero-order valence-corrected chi connectivity index (χ0v) is 14.7. The second-order valence-corrected chi connectivity index (χ2v) is 5.91. The summed E-state index contributed by atoms with van der Waals surface area (Å²) in [4.78, 5) is 24.8. The number of likely N-dealkylation sites (N-methyl/N-ethyl adjacent to an activating group) is 1. The highest BCUT2D eigenvalue weighted by molar-refractivity contribution is 5.89. The van der Waals surface area contributed by atoms with Gasteiger partial charge in [0.25, 0.3) is 5.91 Å². The molecule has 0 spiro atoms. The third kappa shape index (κ3) is 6.04. The summed E-state index contributed by atoms with van der Waals surface area (Å²) in [7, 11) is 1.35. The van der Waals surface area contributed by atoms with E-state index in [4.69, 9.17) is 0 Å². The normalized spacial score (nSPS) is 11.6. The third-order valence-electron chi connectivity index (χ3n) is 4.07. The number of ether oxygens (including phenoxy) is 1. The molecule has 0 saturated carbocycles. The molecule has 132 valence electrons. The molecular formula is C20H25N2O3+. The van der Waals surface area contributed by atoms with Gasteiger partial charge in [-0.2, -0.15) is 0 Å². The first-order valence-corrected chi connectivity index (χ1v) is 8.43. The lowest BCUT2D eigenvalue weighted by atomic mass is 10.1. The molecule has 0 aliphatic rings. The van der Waals surface area contributed by atoms with Crippen molar-refractivity contribution in [3.63, 3.8) is 0 Å². The number of carbonyl (C=O) groups is 2. The van der Waals surface area contributed by atoms with Gasteiger partial charge in [0.1, 0.15) is 6.54 Å². The van der Waals surface area contributed by atoms with Gasteiger partial charge in [0, 0.05) is 12.1 Å². The Morgan fingerprint density at radius 3 is 2.28 bits per heavy atom. The van der Waals surface area contributed by atoms with Gasteiger partial charge in [-0.15, -0.1) is 0 Å². The summed E-state index contributed by atoms with van der Waals surface area (Å²) in [5.41, 5.74) is 2.68. The Morgan fingerprint density at radius 2 is 1.68 bits per heavy atom. The summed E-state index contributed by atoms with van der Waals surface area (Å²) in [5, 5.41) is 2.94. The van der Waals surface area contributed by atoms with Crippen molar-refractivity contribution < 1.29 is 19.2 Å². The quantitative estimate of drug-likeness (QED) is 0.709. The molecule has 0 saturated heterocycles. The van der Waals surface area contributed by atoms with Gasteiger partial charge >= 0.3 is 5.97 Å². The van der Waals surface area contributed by atoms with E-state index >= 15 is 0 Å². The molecule has 0 fully saturated rings. The number of methoxy groups -OCH3 is 1. The minimum atomic E-state index is -0.362. The van der Waals surface area contributed by atoms with Gasteiger partial charge < -0.3 is 15.0 Å². The summed E-state index contributed by atoms with van der Waals surface area (Å²) in [6.45, 7) is 4.68. The number of quaternary nitrogens is 1. The minimum absolute atomic E-state index is 0.0184. The number of hydrogen-bond donors (Lipinski definition) is 2. The molecule has 0 heterocycles. The molecule has 5 heteroatoms. The summed E-state index contributed by atoms with van der Waals surface area (Å²) in [6.07, 6.45) is 0. The number of esters is 1. The zero-order valence-electron chi connectivity index (χ0n) is 14.7. The lowest BCUT2D eigenvalue weighted by Crippen LogP contribution is -3.11. The standard InChI is InChI=1S/C20H24N2O3/c1-3-22(14-17-7-5-4-6-8-17)15-19(23)21-13-16-9-11-18(12-10-16)20(24)25-2/h4-12H,3,13-15H2,1-2H3,(H,21,23)/p+1. The van der Waals surface area contributed by atoms with Crippen molar-refractivity contribution in [3.05, 3.63) is 71.3 Å². The second-order valence-electron chi connectivity index (χ2n) is 5.91. The van der Waals surface area contributed by atoms with Crippen LogP contribution in [0.1, 0.15) is 28.4 Å². The van der Waals surface area contributed by atoms with Gasteiger partial charge in [-0.1, -0.05) is 42.5 Å². The van der Waals surface area contributed by atoms with Crippen LogP contribution in [0.2, 0.25) is 0 Å². The van der Waals surface area contributed by atoms with E-state index in [0.717, 1.165) is 18.7 Å². The molecule has 0 radical (unpaired) electrons. The highest BCUT2D eigenvalue weighted by atomic mass is 16.5. The van der Waals surface area contributed by atoms with Crippen LogP contribution in [0.25, 0.3) is 0 Å². The Labute approximate surface area is 148 Å². The van der Waals surface area contributed by atoms with Crippen LogP contribution in [0.15, 0.2) is 54.6 Å². The van der Waals surface area contributed by atoms with Gasteiger partial charge in [0.15, 0.2) is 6.54 Å². The van der Waals surface area contributed by atoms with Crippen molar-refractivity contribution in [2.24, 2.45) is 0 Å². The van der Waals surface area contributed by atoms with E-state index in [2.05, 4.69) is 29.1 Å². The molecule has 2 aromatic rings. The van der Waals surface area contributed by atoms with E-state index < -0.39 is 0 Å². The van der Waals surface area contributed by atoms with Crippen LogP contribution in [0.3, 0.4) is 0 Å². The molecule has 1 unspecified atom stereocenters. The Bertz CT molecular complexity index is 684. The van der Waals surface area contributed by atoms with Crippen molar-refractivity contribution in [1.82, 2.24) is 5.32 Å². The Kier molecular flexibility index (Phi) is 7.16. The largest absolute Gasteiger partial charge is 0.465 e. The summed E-state index contributed by atoms with van der Waals surface area (Å²) in [6, 6.07) is 17.2. The van der Waals surface area contributed by atoms with Crippen LogP contribution in [-0.4, -0.2) is 32.1 Å². The molecule has 2 N–H and O–H groups in total. The molecule has 1 atom stereocenters. The number of rotatable bonds is 8. The topological polar surface area (TPSA) is 59.8 Å². The summed E-state index contributed by atoms with van der Waals surface area (Å²) in [5.74, 6) is -0.344. The SMILES string of the molecule is CC[NH+](CC(=O)NCc1ccc(C(=O)OC)cc1)Cc1ccccc1. The van der Waals surface area contributed by atoms with E-state index in [1.165, 1.54) is 17.6 Å². The number of hydrogen-bond acceptors (Lipinski definition) is 3. The Hall–Kier alpha value is -2.66. The van der Waals surface area contributed by atoms with Crippen LogP contribution in [0.4, 0.5) is 0 Å². The summed E-state index contributed by atoms with van der Waals surface area (Å²) >= 11 is 0. The van der Waals surface area contributed by atoms with E-state index in [-0.39, 0.29) is 11.9 Å². The fraction of sp³-hybridized carbons (Fsp3) is 0.300. The average Bonchev–Trinajstić information content (AvgIpc) is 2.66. The number of benzene rings is 2. The van der Waals surface area contributed by atoms with Crippen LogP contribution in [0, 0.1) is 0 Å². The van der Waals surface area contributed by atoms with E-state index in [0.29, 0.717) is 18.7 Å². The predicted molar refractivity (Wildman–Crippen MR) is 96.1 cm³/mol. The molecule has 5 nitrogen and oxygen atoms in total. The van der Waals surface area contributed by atoms with Gasteiger partial charge in [0.05, 0.1) is 19.2 Å². The van der Waals surface area contributed by atoms with Gasteiger partial charge in [-0.05, 0) is 24.6 Å². The van der Waals surface area contributed by atoms with Crippen molar-refractivity contribution in [2.75, 3.05) is 20.2 Å². The maximum atomic E-state index is 12.2. The molecule has 25 heavy (non-hydrogen) atoms. The van der Waals surface area contributed by atoms with Crippen molar-refractivity contribution in [1.29, 1.82) is 0 Å². The molecule has 2 rings (SSSR count). The van der Waals surface area contributed by atoms with E-state index in [1.807, 2.05) is 30.3 Å². The van der Waals surface area contributed by atoms with Crippen molar-refractivity contribution in [3.8, 4) is 0 Å². The molecule has 0 aliphatic heterocycles. The predicted octanol–water partition coefficient (Wildman–Crippen LogP) is 1.19. The Morgan fingerprint density at radius 1 is 1.00 bits per heavy atom. The molecule has 2 aromatic carbocycles. The molecule has 0 bridgehead atoms. The van der Waals surface area contributed by atoms with Crippen LogP contribution < -0.4 is 10.2 Å². The highest BCUT2D eigenvalue weighted by Crippen LogP contribution is 2.05. The number of carbonyl (C=O) groups excluding carboxylic acids is 2. The lowest BCUT2D eigenvalue weighted by Gasteiger charge is -2.17. The zero-order chi connectivity index (χ0) is 18.1. The highest BCUT2D eigenvalue weighted by Gasteiger charge is 2.13. The first-order chi connectivity index (χ1) is 12.1. The fourth-order valence-corrected chi connectivity index (χ4v) is 2.56. The van der Waals surface area contributed by atoms with Gasteiger partial charge in [-0.3, -0.25) is 4.79 Å². The second kappa shape index (κ2) is 9.59. The maximum Gasteiger partial charge on any atom is 0.337 e. The van der Waals surface area contributed by atoms with Gasteiger partial charge in [0.2, 0.25) is 0 Å². The molecule has 0 aromatic heterocycles. The van der Waals surface area contributed by atoms with Gasteiger partial charge in [-0.25, -0.2) is 4.79 Å². The monoisotopic (exact) mass is 341 g/mol. The Balaban J connectivity index is 1.81. The molecule has 1 amide bonds. The number of amides is 1. The first-order valence-electron chi connectivity index (χ1n) is 8.43. The number of nitrogens with one attached hydrogen (secondary N) is 2. The molecular weight excluding hydrogens is 316 g/mol. The smallest absolute Gasteiger partial charge is 0.337 e. The minimum Gasteiger partial charge on any atom is -0.465 e. The van der Waals surface area contributed by atoms with Crippen molar-refractivity contribution >= 4 is 11.9 Å². The maximum absolute atomic E-state index is 12.2. The van der Waals surface area contributed by atoms with E-state index in [1.54, 1.807) is 12.1 Å². The molecule has 0 aliphatic carbocycles. The fourth-order valence-electron chi connectivity index (χ4n) is 2.56. The summed E-state index contributed by atoms with van der Waals surface area (Å²) < 4.78 is 4.67. The lowest BCUT2D eigenvalue weighted by molar-refractivity contribution is -0.904. The van der Waals surface area contributed by atoms with Crippen molar-refractivity contribution in [2.45, 2.75) is 20.0 Å². The van der Waals surface area contributed by atoms with Crippen LogP contribution >= 0.6 is 0 Å². The third-order valence-corrected chi connectivity index (χ3v) is 4.07. The van der Waals surface area contributed by atoms with E-state index in [9.17, 15) is 9.59 Å².